The third-order valence-electron chi connectivity index (χ3n) is 6.40. The van der Waals surface area contributed by atoms with Crippen molar-refractivity contribution >= 4 is 17.1 Å². The number of nitrogens with zero attached hydrogens (tertiary/aromatic N) is 5. The molecule has 1 amide bonds. The zero-order valence-electron chi connectivity index (χ0n) is 20.8. The van der Waals surface area contributed by atoms with Gasteiger partial charge in [0.25, 0.3) is 0 Å². The summed E-state index contributed by atoms with van der Waals surface area (Å²) in [6, 6.07) is 13.9. The minimum atomic E-state index is -0.0657. The molecule has 0 aliphatic rings. The molecular formula is C27H28N6O3. The number of methoxy groups -OCH3 is 2. The van der Waals surface area contributed by atoms with Gasteiger partial charge in [0.05, 0.1) is 19.9 Å². The Kier molecular flexibility index (Phi) is 6.28. The molecule has 2 aromatic carbocycles. The summed E-state index contributed by atoms with van der Waals surface area (Å²) in [6.07, 6.45) is 4.53. The molecule has 9 heteroatoms. The molecule has 0 atom stereocenters. The fourth-order valence-corrected chi connectivity index (χ4v) is 4.18. The van der Waals surface area contributed by atoms with Crippen LogP contribution >= 0.6 is 0 Å². The van der Waals surface area contributed by atoms with Crippen LogP contribution in [0, 0.1) is 13.8 Å². The molecule has 184 valence electrons. The lowest BCUT2D eigenvalue weighted by Crippen LogP contribution is -2.23. The number of benzene rings is 2. The van der Waals surface area contributed by atoms with Crippen molar-refractivity contribution in [1.82, 2.24) is 29.5 Å². The highest BCUT2D eigenvalue weighted by Gasteiger charge is 2.14. The standard InChI is InChI=1S/C27H28N6O3/c1-17-5-7-20(13-18(17)2)21-15-22-27-30-29-25(32(27)11-12-33(22)31-21)9-10-26(34)28-16-19-6-8-23(35-3)24(14-19)36-4/h5-8,11-15H,9-10,16H2,1-4H3,(H,28,34). The number of hydrogen-bond donors (Lipinski definition) is 1. The largest absolute Gasteiger partial charge is 0.493 e. The molecule has 0 unspecified atom stereocenters. The average molecular weight is 485 g/mol. The third kappa shape index (κ3) is 4.47. The first-order chi connectivity index (χ1) is 17.5. The van der Waals surface area contributed by atoms with Crippen molar-refractivity contribution in [3.63, 3.8) is 0 Å². The SMILES string of the molecule is COc1ccc(CNC(=O)CCc2nnc3c4cc(-c5ccc(C)c(C)c5)nn4ccn23)cc1OC. The van der Waals surface area contributed by atoms with Crippen molar-refractivity contribution in [3.8, 4) is 22.8 Å². The van der Waals surface area contributed by atoms with E-state index in [1.807, 2.05) is 45.6 Å². The first-order valence-electron chi connectivity index (χ1n) is 11.7. The molecule has 3 heterocycles. The van der Waals surface area contributed by atoms with E-state index in [1.54, 1.807) is 14.2 Å². The summed E-state index contributed by atoms with van der Waals surface area (Å²) in [5.41, 5.74) is 6.92. The van der Waals surface area contributed by atoms with Gasteiger partial charge in [-0.1, -0.05) is 18.2 Å². The monoisotopic (exact) mass is 484 g/mol. The number of aryl methyl sites for hydroxylation is 3. The van der Waals surface area contributed by atoms with E-state index >= 15 is 0 Å². The van der Waals surface area contributed by atoms with Crippen LogP contribution in [0.25, 0.3) is 22.4 Å². The quantitative estimate of drug-likeness (QED) is 0.359. The Labute approximate surface area is 208 Å². The van der Waals surface area contributed by atoms with Crippen molar-refractivity contribution in [2.24, 2.45) is 0 Å². The predicted molar refractivity (Wildman–Crippen MR) is 136 cm³/mol. The molecule has 0 fully saturated rings. The van der Waals surface area contributed by atoms with Gasteiger partial charge in [0.1, 0.15) is 11.3 Å². The van der Waals surface area contributed by atoms with Crippen molar-refractivity contribution in [2.45, 2.75) is 33.2 Å². The number of carbonyl (C=O) groups excluding carboxylic acids is 1. The van der Waals surface area contributed by atoms with Crippen LogP contribution in [-0.4, -0.2) is 44.3 Å². The minimum absolute atomic E-state index is 0.0657. The highest BCUT2D eigenvalue weighted by Crippen LogP contribution is 2.27. The van der Waals surface area contributed by atoms with Crippen molar-refractivity contribution in [3.05, 3.63) is 77.4 Å². The van der Waals surface area contributed by atoms with Gasteiger partial charge in [0.2, 0.25) is 5.91 Å². The highest BCUT2D eigenvalue weighted by atomic mass is 16.5. The van der Waals surface area contributed by atoms with Gasteiger partial charge in [-0.25, -0.2) is 4.52 Å². The predicted octanol–water partition coefficient (Wildman–Crippen LogP) is 3.93. The Morgan fingerprint density at radius 3 is 2.56 bits per heavy atom. The van der Waals surface area contributed by atoms with Crippen molar-refractivity contribution in [2.75, 3.05) is 14.2 Å². The number of amides is 1. The molecular weight excluding hydrogens is 456 g/mol. The Hall–Kier alpha value is -4.40. The van der Waals surface area contributed by atoms with E-state index < -0.39 is 0 Å². The van der Waals surface area contributed by atoms with Gasteiger partial charge in [0.15, 0.2) is 17.1 Å². The van der Waals surface area contributed by atoms with E-state index in [0.29, 0.717) is 36.5 Å². The van der Waals surface area contributed by atoms with Crippen LogP contribution in [0.1, 0.15) is 28.9 Å². The van der Waals surface area contributed by atoms with Gasteiger partial charge < -0.3 is 14.8 Å². The summed E-state index contributed by atoms with van der Waals surface area (Å²) >= 11 is 0. The maximum atomic E-state index is 12.5. The molecule has 9 nitrogen and oxygen atoms in total. The molecule has 0 spiro atoms. The molecule has 0 saturated heterocycles. The van der Waals surface area contributed by atoms with Gasteiger partial charge in [0, 0.05) is 37.3 Å². The first-order valence-corrected chi connectivity index (χ1v) is 11.7. The number of fused-ring (bicyclic) bond motifs is 3. The number of aromatic nitrogens is 5. The second-order valence-corrected chi connectivity index (χ2v) is 8.73. The van der Waals surface area contributed by atoms with Crippen LogP contribution in [0.15, 0.2) is 54.9 Å². The molecule has 0 saturated carbocycles. The van der Waals surface area contributed by atoms with Crippen LogP contribution in [0.3, 0.4) is 0 Å². The van der Waals surface area contributed by atoms with Crippen molar-refractivity contribution < 1.29 is 14.3 Å². The third-order valence-corrected chi connectivity index (χ3v) is 6.40. The molecule has 0 radical (unpaired) electrons. The molecule has 0 aliphatic heterocycles. The topological polar surface area (TPSA) is 95.0 Å². The van der Waals surface area contributed by atoms with Crippen LogP contribution in [0.4, 0.5) is 0 Å². The lowest BCUT2D eigenvalue weighted by Gasteiger charge is -2.10. The molecule has 5 rings (SSSR count). The van der Waals surface area contributed by atoms with Crippen LogP contribution in [0.5, 0.6) is 11.5 Å². The Balaban J connectivity index is 1.28. The second-order valence-electron chi connectivity index (χ2n) is 8.73. The van der Waals surface area contributed by atoms with Gasteiger partial charge >= 0.3 is 0 Å². The van der Waals surface area contributed by atoms with Crippen molar-refractivity contribution in [1.29, 1.82) is 0 Å². The maximum Gasteiger partial charge on any atom is 0.220 e. The minimum Gasteiger partial charge on any atom is -0.493 e. The Morgan fingerprint density at radius 2 is 1.78 bits per heavy atom. The summed E-state index contributed by atoms with van der Waals surface area (Å²) in [6.45, 7) is 4.60. The van der Waals surface area contributed by atoms with E-state index in [-0.39, 0.29) is 5.91 Å². The normalized spacial score (nSPS) is 11.2. The highest BCUT2D eigenvalue weighted by molar-refractivity contribution is 5.78. The molecule has 36 heavy (non-hydrogen) atoms. The van der Waals surface area contributed by atoms with Gasteiger partial charge in [-0.05, 0) is 54.8 Å². The Bertz CT molecular complexity index is 1570. The summed E-state index contributed by atoms with van der Waals surface area (Å²) in [7, 11) is 3.18. The lowest BCUT2D eigenvalue weighted by molar-refractivity contribution is -0.121. The zero-order chi connectivity index (χ0) is 25.2. The fraction of sp³-hybridized carbons (Fsp3) is 0.259. The summed E-state index contributed by atoms with van der Waals surface area (Å²) in [5.74, 6) is 1.94. The van der Waals surface area contributed by atoms with Gasteiger partial charge in [-0.3, -0.25) is 9.20 Å². The van der Waals surface area contributed by atoms with E-state index in [0.717, 1.165) is 28.2 Å². The number of carbonyl (C=O) groups is 1. The first kappa shape index (κ1) is 23.3. The van der Waals surface area contributed by atoms with Gasteiger partial charge in [-0.2, -0.15) is 5.10 Å². The van der Waals surface area contributed by atoms with E-state index in [1.165, 1.54) is 11.1 Å². The summed E-state index contributed by atoms with van der Waals surface area (Å²) in [4.78, 5) is 12.5. The zero-order valence-corrected chi connectivity index (χ0v) is 20.8. The van der Waals surface area contributed by atoms with Crippen LogP contribution < -0.4 is 14.8 Å². The maximum absolute atomic E-state index is 12.5. The van der Waals surface area contributed by atoms with Crippen LogP contribution in [0.2, 0.25) is 0 Å². The molecule has 0 bridgehead atoms. The van der Waals surface area contributed by atoms with E-state index in [4.69, 9.17) is 14.6 Å². The molecule has 0 aliphatic carbocycles. The smallest absolute Gasteiger partial charge is 0.220 e. The van der Waals surface area contributed by atoms with E-state index in [2.05, 4.69) is 47.6 Å². The lowest BCUT2D eigenvalue weighted by atomic mass is 10.0. The number of rotatable bonds is 8. The van der Waals surface area contributed by atoms with E-state index in [9.17, 15) is 4.79 Å². The number of nitrogens with one attached hydrogen (secondary N) is 1. The number of hydrogen-bond acceptors (Lipinski definition) is 6. The molecule has 5 aromatic rings. The Morgan fingerprint density at radius 1 is 0.944 bits per heavy atom. The summed E-state index contributed by atoms with van der Waals surface area (Å²) < 4.78 is 14.3. The second kappa shape index (κ2) is 9.69. The van der Waals surface area contributed by atoms with Gasteiger partial charge in [-0.15, -0.1) is 10.2 Å². The van der Waals surface area contributed by atoms with Crippen LogP contribution in [-0.2, 0) is 17.8 Å². The summed E-state index contributed by atoms with van der Waals surface area (Å²) in [5, 5.41) is 16.4. The molecule has 1 N–H and O–H groups in total. The number of ether oxygens (including phenoxy) is 2. The fourth-order valence-electron chi connectivity index (χ4n) is 4.18. The average Bonchev–Trinajstić information content (AvgIpc) is 3.51. The molecule has 3 aromatic heterocycles.